The van der Waals surface area contributed by atoms with Gasteiger partial charge in [0.05, 0.1) is 0 Å². The van der Waals surface area contributed by atoms with Crippen LogP contribution >= 0.6 is 0 Å². The largest absolute Gasteiger partial charge is 0.471 e. The lowest BCUT2D eigenvalue weighted by Crippen LogP contribution is -2.60. The monoisotopic (exact) mass is 340 g/mol. The van der Waals surface area contributed by atoms with Gasteiger partial charge in [0.25, 0.3) is 0 Å². The standard InChI is InChI=1S/C11H32O4Si4/c1-16(2,3)13-19(11-10-12,14-17(4,5)6)15-18(7,8)9/h12H,10-11H2,1-9H3. The van der Waals surface area contributed by atoms with Crippen molar-refractivity contribution in [2.24, 2.45) is 0 Å². The second-order valence-corrected chi connectivity index (χ2v) is 24.8. The van der Waals surface area contributed by atoms with Crippen molar-refractivity contribution >= 4 is 33.8 Å². The number of aliphatic hydroxyl groups excluding tert-OH is 1. The maximum absolute atomic E-state index is 9.43. The molecule has 0 aliphatic heterocycles. The van der Waals surface area contributed by atoms with Gasteiger partial charge in [-0.2, -0.15) is 0 Å². The summed E-state index contributed by atoms with van der Waals surface area (Å²) in [6.45, 7) is 19.4. The third-order valence-electron chi connectivity index (χ3n) is 1.80. The van der Waals surface area contributed by atoms with Gasteiger partial charge in [0, 0.05) is 12.7 Å². The Labute approximate surface area is 123 Å². The molecule has 0 radical (unpaired) electrons. The Balaban J connectivity index is 5.34. The van der Waals surface area contributed by atoms with Gasteiger partial charge >= 0.3 is 8.80 Å². The van der Waals surface area contributed by atoms with Crippen molar-refractivity contribution in [1.29, 1.82) is 0 Å². The van der Waals surface area contributed by atoms with E-state index in [0.717, 1.165) is 0 Å². The summed E-state index contributed by atoms with van der Waals surface area (Å²) in [4.78, 5) is 0. The summed E-state index contributed by atoms with van der Waals surface area (Å²) in [5.41, 5.74) is 0. The number of hydrogen-bond acceptors (Lipinski definition) is 4. The van der Waals surface area contributed by atoms with Gasteiger partial charge in [-0.1, -0.05) is 0 Å². The zero-order chi connectivity index (χ0) is 15.5. The fourth-order valence-corrected chi connectivity index (χ4v) is 16.1. The average Bonchev–Trinajstić information content (AvgIpc) is 1.90. The van der Waals surface area contributed by atoms with Gasteiger partial charge in [-0.25, -0.2) is 0 Å². The minimum absolute atomic E-state index is 0.0612. The molecule has 0 rings (SSSR count). The molecular formula is C11H32O4Si4. The molecule has 19 heavy (non-hydrogen) atoms. The quantitative estimate of drug-likeness (QED) is 0.687. The first-order valence-electron chi connectivity index (χ1n) is 6.89. The Hall–Kier alpha value is 0.708. The van der Waals surface area contributed by atoms with E-state index >= 15 is 0 Å². The molecule has 0 saturated carbocycles. The minimum atomic E-state index is -2.77. The Morgan fingerprint density at radius 1 is 0.632 bits per heavy atom. The van der Waals surface area contributed by atoms with Gasteiger partial charge < -0.3 is 17.5 Å². The Morgan fingerprint density at radius 2 is 0.895 bits per heavy atom. The highest BCUT2D eigenvalue weighted by Gasteiger charge is 2.49. The minimum Gasteiger partial charge on any atom is -0.417 e. The van der Waals surface area contributed by atoms with Crippen molar-refractivity contribution in [3.8, 4) is 0 Å². The second kappa shape index (κ2) is 6.65. The third-order valence-corrected chi connectivity index (χ3v) is 13.7. The molecule has 116 valence electrons. The van der Waals surface area contributed by atoms with Gasteiger partial charge in [0.1, 0.15) is 0 Å². The fraction of sp³-hybridized carbons (Fsp3) is 1.00. The zero-order valence-electron chi connectivity index (χ0n) is 14.1. The molecule has 0 fully saturated rings. The van der Waals surface area contributed by atoms with Gasteiger partial charge in [-0.15, -0.1) is 0 Å². The molecule has 8 heteroatoms. The van der Waals surface area contributed by atoms with Crippen LogP contribution in [0.4, 0.5) is 0 Å². The normalized spacial score (nSPS) is 14.8. The van der Waals surface area contributed by atoms with Crippen LogP contribution in [0, 0.1) is 0 Å². The van der Waals surface area contributed by atoms with Crippen molar-refractivity contribution in [3.63, 3.8) is 0 Å². The predicted octanol–water partition coefficient (Wildman–Crippen LogP) is 3.47. The number of rotatable bonds is 8. The zero-order valence-corrected chi connectivity index (χ0v) is 18.1. The van der Waals surface area contributed by atoms with E-state index in [1.807, 2.05) is 0 Å². The summed E-state index contributed by atoms with van der Waals surface area (Å²) in [5.74, 6) is 0. The van der Waals surface area contributed by atoms with Crippen LogP contribution in [0.25, 0.3) is 0 Å². The van der Waals surface area contributed by atoms with E-state index in [1.54, 1.807) is 0 Å². The Bertz CT molecular complexity index is 237. The first-order valence-corrected chi connectivity index (χ1v) is 19.1. The lowest BCUT2D eigenvalue weighted by atomic mass is 10.9. The second-order valence-electron chi connectivity index (χ2n) is 7.80. The summed E-state index contributed by atoms with van der Waals surface area (Å²) in [6.07, 6.45) is 0. The van der Waals surface area contributed by atoms with E-state index in [1.165, 1.54) is 0 Å². The van der Waals surface area contributed by atoms with Crippen LogP contribution in [0.5, 0.6) is 0 Å². The van der Waals surface area contributed by atoms with Crippen LogP contribution in [0.15, 0.2) is 0 Å². The summed E-state index contributed by atoms with van der Waals surface area (Å²) in [5, 5.41) is 9.43. The molecule has 0 amide bonds. The fourth-order valence-electron chi connectivity index (χ4n) is 1.75. The summed E-state index contributed by atoms with van der Waals surface area (Å²) < 4.78 is 19.1. The first kappa shape index (κ1) is 19.7. The van der Waals surface area contributed by atoms with Crippen LogP contribution in [-0.4, -0.2) is 45.5 Å². The third kappa shape index (κ3) is 10.1. The molecule has 0 bridgehead atoms. The molecule has 0 aromatic heterocycles. The Morgan fingerprint density at radius 3 is 1.05 bits per heavy atom. The highest BCUT2D eigenvalue weighted by molar-refractivity contribution is 6.90. The van der Waals surface area contributed by atoms with Crippen molar-refractivity contribution < 1.29 is 17.5 Å². The molecule has 0 aliphatic carbocycles. The predicted molar refractivity (Wildman–Crippen MR) is 90.9 cm³/mol. The molecule has 0 aromatic rings. The van der Waals surface area contributed by atoms with E-state index in [0.29, 0.717) is 6.04 Å². The van der Waals surface area contributed by atoms with Crippen molar-refractivity contribution in [2.75, 3.05) is 6.61 Å². The Kier molecular flexibility index (Phi) is 6.89. The van der Waals surface area contributed by atoms with Gasteiger partial charge in [0.15, 0.2) is 25.0 Å². The average molecular weight is 341 g/mol. The van der Waals surface area contributed by atoms with E-state index in [2.05, 4.69) is 58.9 Å². The maximum Gasteiger partial charge on any atom is 0.471 e. The van der Waals surface area contributed by atoms with Crippen LogP contribution in [0.1, 0.15) is 0 Å². The topological polar surface area (TPSA) is 47.9 Å². The first-order chi connectivity index (χ1) is 8.18. The summed E-state index contributed by atoms with van der Waals surface area (Å²) in [7, 11) is -8.12. The molecule has 0 heterocycles. The molecule has 0 spiro atoms. The smallest absolute Gasteiger partial charge is 0.417 e. The molecule has 0 aliphatic rings. The van der Waals surface area contributed by atoms with Gasteiger partial charge in [-0.05, 0) is 58.9 Å². The number of hydrogen-bond donors (Lipinski definition) is 1. The molecule has 1 N–H and O–H groups in total. The van der Waals surface area contributed by atoms with Crippen LogP contribution in [-0.2, 0) is 12.3 Å². The molecule has 0 atom stereocenters. The van der Waals surface area contributed by atoms with E-state index in [4.69, 9.17) is 12.3 Å². The highest BCUT2D eigenvalue weighted by atomic mass is 28.5. The van der Waals surface area contributed by atoms with E-state index in [9.17, 15) is 5.11 Å². The lowest BCUT2D eigenvalue weighted by Gasteiger charge is -2.42. The SMILES string of the molecule is C[Si](C)(C)O[Si](CCO)(O[Si](C)(C)C)O[Si](C)(C)C. The van der Waals surface area contributed by atoms with E-state index < -0.39 is 33.8 Å². The van der Waals surface area contributed by atoms with Crippen LogP contribution in [0.3, 0.4) is 0 Å². The highest BCUT2D eigenvalue weighted by Crippen LogP contribution is 2.28. The molecular weight excluding hydrogens is 308 g/mol. The van der Waals surface area contributed by atoms with Crippen LogP contribution < -0.4 is 0 Å². The summed E-state index contributed by atoms with van der Waals surface area (Å²) in [6, 6.07) is 0.506. The van der Waals surface area contributed by atoms with Crippen molar-refractivity contribution in [2.45, 2.75) is 65.0 Å². The summed E-state index contributed by atoms with van der Waals surface area (Å²) >= 11 is 0. The lowest BCUT2D eigenvalue weighted by molar-refractivity contribution is 0.227. The van der Waals surface area contributed by atoms with Crippen molar-refractivity contribution in [1.82, 2.24) is 0 Å². The van der Waals surface area contributed by atoms with Crippen LogP contribution in [0.2, 0.25) is 65.0 Å². The maximum atomic E-state index is 9.43. The molecule has 4 nitrogen and oxygen atoms in total. The molecule has 0 unspecified atom stereocenters. The van der Waals surface area contributed by atoms with E-state index in [-0.39, 0.29) is 6.61 Å². The number of aliphatic hydroxyl groups is 1. The van der Waals surface area contributed by atoms with Gasteiger partial charge in [0.2, 0.25) is 0 Å². The molecule has 0 saturated heterocycles. The molecule has 0 aromatic carbocycles. The van der Waals surface area contributed by atoms with Gasteiger partial charge in [-0.3, -0.25) is 0 Å². The van der Waals surface area contributed by atoms with Crippen molar-refractivity contribution in [3.05, 3.63) is 0 Å².